The number of rotatable bonds is 6. The van der Waals surface area contributed by atoms with Gasteiger partial charge in [-0.15, -0.1) is 0 Å². The summed E-state index contributed by atoms with van der Waals surface area (Å²) in [5.41, 5.74) is 3.85. The number of methoxy groups -OCH3 is 1. The Hall–Kier alpha value is -3.84. The first-order valence-electron chi connectivity index (χ1n) is 9.61. The number of nitrogens with zero attached hydrogens (tertiary/aromatic N) is 2. The van der Waals surface area contributed by atoms with Crippen LogP contribution in [0.2, 0.25) is 0 Å². The Bertz CT molecular complexity index is 1180. The number of fused-ring (bicyclic) bond motifs is 1. The van der Waals surface area contributed by atoms with Gasteiger partial charge in [-0.3, -0.25) is 9.59 Å². The smallest absolute Gasteiger partial charge is 0.254 e. The zero-order valence-electron chi connectivity index (χ0n) is 17.1. The largest absolute Gasteiger partial charge is 0.496 e. The number of H-pyrrole nitrogens is 1. The second-order valence-electron chi connectivity index (χ2n) is 7.19. The molecule has 7 heteroatoms. The van der Waals surface area contributed by atoms with E-state index in [4.69, 9.17) is 10.00 Å². The van der Waals surface area contributed by atoms with Crippen LogP contribution >= 0.6 is 0 Å². The number of aromatic amines is 1. The van der Waals surface area contributed by atoms with Gasteiger partial charge in [0.2, 0.25) is 0 Å². The van der Waals surface area contributed by atoms with Gasteiger partial charge in [-0.25, -0.2) is 0 Å². The zero-order chi connectivity index (χ0) is 21.8. The molecule has 2 heterocycles. The average molecular weight is 402 g/mol. The Morgan fingerprint density at radius 2 is 2.03 bits per heavy atom. The van der Waals surface area contributed by atoms with Crippen LogP contribution in [0.4, 0.5) is 5.69 Å². The van der Waals surface area contributed by atoms with Crippen LogP contribution in [0.25, 0.3) is 0 Å². The van der Waals surface area contributed by atoms with Gasteiger partial charge in [0.1, 0.15) is 5.75 Å². The lowest BCUT2D eigenvalue weighted by Crippen LogP contribution is -2.30. The number of unbranched alkanes of at least 4 members (excludes halogenated alkanes) is 1. The number of nitrogens with one attached hydrogen (secondary N) is 2. The number of ether oxygens (including phenoxy) is 1. The van der Waals surface area contributed by atoms with Gasteiger partial charge < -0.3 is 15.0 Å². The normalized spacial score (nSPS) is 14.9. The van der Waals surface area contributed by atoms with Gasteiger partial charge >= 0.3 is 0 Å². The molecule has 3 rings (SSSR count). The van der Waals surface area contributed by atoms with Gasteiger partial charge in [-0.2, -0.15) is 10.5 Å². The minimum Gasteiger partial charge on any atom is -0.496 e. The Balaban J connectivity index is 2.26. The number of pyridine rings is 1. The van der Waals surface area contributed by atoms with E-state index in [1.807, 2.05) is 13.8 Å². The molecule has 2 N–H and O–H groups in total. The van der Waals surface area contributed by atoms with Crippen molar-refractivity contribution >= 4 is 11.5 Å². The molecule has 0 saturated heterocycles. The summed E-state index contributed by atoms with van der Waals surface area (Å²) >= 11 is 0. The van der Waals surface area contributed by atoms with Gasteiger partial charge in [0, 0.05) is 35.9 Å². The molecule has 0 aliphatic carbocycles. The lowest BCUT2D eigenvalue weighted by Gasteiger charge is -2.31. The van der Waals surface area contributed by atoms with E-state index in [0.29, 0.717) is 45.8 Å². The SMILES string of the molecule is COc1cc(C#N)ccc1C1C(C(=O)CCCC#N)=C(C)Nc2c(C)c[nH]c(=O)c21. The minimum atomic E-state index is -0.651. The van der Waals surface area contributed by atoms with Crippen LogP contribution in [0.3, 0.4) is 0 Å². The molecule has 7 nitrogen and oxygen atoms in total. The molecule has 1 aromatic carbocycles. The van der Waals surface area contributed by atoms with E-state index in [2.05, 4.69) is 22.4 Å². The lowest BCUT2D eigenvalue weighted by atomic mass is 9.77. The first kappa shape index (κ1) is 20.9. The quantitative estimate of drug-likeness (QED) is 0.712. The molecule has 2 aromatic rings. The maximum atomic E-state index is 13.2. The number of hydrogen-bond donors (Lipinski definition) is 2. The highest BCUT2D eigenvalue weighted by Crippen LogP contribution is 2.44. The molecule has 1 aliphatic rings. The molecular weight excluding hydrogens is 380 g/mol. The molecule has 152 valence electrons. The zero-order valence-corrected chi connectivity index (χ0v) is 17.1. The van der Waals surface area contributed by atoms with Crippen molar-refractivity contribution in [3.05, 3.63) is 68.3 Å². The van der Waals surface area contributed by atoms with E-state index < -0.39 is 5.92 Å². The predicted octanol–water partition coefficient (Wildman–Crippen LogP) is 3.66. The second kappa shape index (κ2) is 8.67. The molecule has 0 amide bonds. The van der Waals surface area contributed by atoms with Crippen molar-refractivity contribution in [3.63, 3.8) is 0 Å². The van der Waals surface area contributed by atoms with Crippen LogP contribution in [-0.2, 0) is 4.79 Å². The summed E-state index contributed by atoms with van der Waals surface area (Å²) < 4.78 is 5.53. The molecule has 0 spiro atoms. The maximum Gasteiger partial charge on any atom is 0.254 e. The summed E-state index contributed by atoms with van der Waals surface area (Å²) in [5.74, 6) is -0.344. The van der Waals surface area contributed by atoms with Crippen molar-refractivity contribution < 1.29 is 9.53 Å². The fraction of sp³-hybridized carbons (Fsp3) is 0.304. The Morgan fingerprint density at radius 3 is 2.70 bits per heavy atom. The minimum absolute atomic E-state index is 0.127. The van der Waals surface area contributed by atoms with E-state index in [-0.39, 0.29) is 24.2 Å². The van der Waals surface area contributed by atoms with Gasteiger partial charge in [-0.05, 0) is 38.0 Å². The number of benzene rings is 1. The molecule has 0 fully saturated rings. The van der Waals surface area contributed by atoms with Crippen molar-refractivity contribution in [2.45, 2.75) is 39.0 Å². The fourth-order valence-electron chi connectivity index (χ4n) is 3.87. The van der Waals surface area contributed by atoms with Crippen molar-refractivity contribution in [1.82, 2.24) is 4.98 Å². The number of allylic oxidation sites excluding steroid dienone is 2. The molecule has 30 heavy (non-hydrogen) atoms. The van der Waals surface area contributed by atoms with Crippen LogP contribution in [-0.4, -0.2) is 17.9 Å². The highest BCUT2D eigenvalue weighted by Gasteiger charge is 2.36. The van der Waals surface area contributed by atoms with Gasteiger partial charge in [-0.1, -0.05) is 6.07 Å². The van der Waals surface area contributed by atoms with Crippen molar-refractivity contribution in [3.8, 4) is 17.9 Å². The topological polar surface area (TPSA) is 119 Å². The Morgan fingerprint density at radius 1 is 1.27 bits per heavy atom. The summed E-state index contributed by atoms with van der Waals surface area (Å²) in [6.45, 7) is 3.69. The number of ketones is 1. The molecule has 1 unspecified atom stereocenters. The number of carbonyl (C=O) groups is 1. The van der Waals surface area contributed by atoms with Gasteiger partial charge in [0.15, 0.2) is 5.78 Å². The summed E-state index contributed by atoms with van der Waals surface area (Å²) in [7, 11) is 1.49. The highest BCUT2D eigenvalue weighted by atomic mass is 16.5. The predicted molar refractivity (Wildman–Crippen MR) is 112 cm³/mol. The second-order valence-corrected chi connectivity index (χ2v) is 7.19. The average Bonchev–Trinajstić information content (AvgIpc) is 2.75. The third-order valence-corrected chi connectivity index (χ3v) is 5.29. The number of aromatic nitrogens is 1. The number of carbonyl (C=O) groups excluding carboxylic acids is 1. The third kappa shape index (κ3) is 3.70. The fourth-order valence-corrected chi connectivity index (χ4v) is 3.87. The van der Waals surface area contributed by atoms with E-state index in [1.165, 1.54) is 7.11 Å². The van der Waals surface area contributed by atoms with Crippen LogP contribution in [0.1, 0.15) is 54.4 Å². The molecule has 0 radical (unpaired) electrons. The van der Waals surface area contributed by atoms with Gasteiger partial charge in [0.25, 0.3) is 5.56 Å². The Labute approximate surface area is 174 Å². The summed E-state index contributed by atoms with van der Waals surface area (Å²) in [6.07, 6.45) is 2.57. The molecule has 1 aromatic heterocycles. The monoisotopic (exact) mass is 402 g/mol. The van der Waals surface area contributed by atoms with Crippen molar-refractivity contribution in [2.75, 3.05) is 12.4 Å². The first-order chi connectivity index (χ1) is 14.4. The third-order valence-electron chi connectivity index (χ3n) is 5.29. The molecule has 0 bridgehead atoms. The Kier molecular flexibility index (Phi) is 6.03. The number of hydrogen-bond acceptors (Lipinski definition) is 6. The molecule has 1 aliphatic heterocycles. The molecule has 1 atom stereocenters. The van der Waals surface area contributed by atoms with Crippen LogP contribution in [0.5, 0.6) is 5.75 Å². The van der Waals surface area contributed by atoms with Crippen LogP contribution in [0, 0.1) is 29.6 Å². The van der Waals surface area contributed by atoms with E-state index in [1.54, 1.807) is 24.4 Å². The van der Waals surface area contributed by atoms with Crippen LogP contribution < -0.4 is 15.6 Å². The molecular formula is C23H22N4O3. The van der Waals surface area contributed by atoms with E-state index in [9.17, 15) is 14.9 Å². The number of Topliss-reactive ketones (excluding diaryl/α,β-unsaturated/α-hetero) is 1. The standard InChI is InChI=1S/C23H22N4O3/c1-13-12-26-23(29)21-20(16-8-7-15(11-25)10-18(16)30-3)19(14(2)27-22(13)21)17(28)6-4-5-9-24/h7-8,10,12,20,27H,4-6H2,1-3H3,(H,26,29). The van der Waals surface area contributed by atoms with E-state index in [0.717, 1.165) is 5.56 Å². The van der Waals surface area contributed by atoms with Gasteiger partial charge in [0.05, 0.1) is 42.0 Å². The summed E-state index contributed by atoms with van der Waals surface area (Å²) in [4.78, 5) is 28.8. The van der Waals surface area contributed by atoms with Crippen LogP contribution in [0.15, 0.2) is 40.5 Å². The lowest BCUT2D eigenvalue weighted by molar-refractivity contribution is -0.115. The maximum absolute atomic E-state index is 13.2. The summed E-state index contributed by atoms with van der Waals surface area (Å²) in [5, 5.41) is 21.3. The first-order valence-corrected chi connectivity index (χ1v) is 9.61. The number of anilines is 1. The molecule has 0 saturated carbocycles. The van der Waals surface area contributed by atoms with E-state index >= 15 is 0 Å². The number of nitriles is 2. The van der Waals surface area contributed by atoms with Crippen molar-refractivity contribution in [2.24, 2.45) is 0 Å². The summed E-state index contributed by atoms with van der Waals surface area (Å²) in [6, 6.07) is 9.12. The highest BCUT2D eigenvalue weighted by molar-refractivity contribution is 6.00. The number of aryl methyl sites for hydroxylation is 1. The van der Waals surface area contributed by atoms with Crippen molar-refractivity contribution in [1.29, 1.82) is 10.5 Å².